The third kappa shape index (κ3) is 3.61. The zero-order chi connectivity index (χ0) is 21.3. The fraction of sp³-hybridized carbons (Fsp3) is 0.292. The van der Waals surface area contributed by atoms with Crippen molar-refractivity contribution in [2.45, 2.75) is 24.8 Å². The summed E-state index contributed by atoms with van der Waals surface area (Å²) in [6.45, 7) is 1.30. The van der Waals surface area contributed by atoms with E-state index in [-0.39, 0.29) is 11.4 Å². The normalized spacial score (nSPS) is 22.0. The number of aromatic amines is 1. The molecule has 0 bridgehead atoms. The van der Waals surface area contributed by atoms with Crippen LogP contribution in [0.3, 0.4) is 0 Å². The number of amides is 1. The van der Waals surface area contributed by atoms with E-state index in [1.165, 1.54) is 0 Å². The van der Waals surface area contributed by atoms with E-state index in [4.69, 9.17) is 4.74 Å². The lowest BCUT2D eigenvalue weighted by Crippen LogP contribution is -2.51. The summed E-state index contributed by atoms with van der Waals surface area (Å²) < 4.78 is 6.03. The van der Waals surface area contributed by atoms with Gasteiger partial charge in [-0.2, -0.15) is 10.4 Å². The van der Waals surface area contributed by atoms with Gasteiger partial charge in [0.15, 0.2) is 6.19 Å². The lowest BCUT2D eigenvalue weighted by molar-refractivity contribution is 0.0886. The van der Waals surface area contributed by atoms with Crippen molar-refractivity contribution < 1.29 is 9.53 Å². The highest BCUT2D eigenvalue weighted by molar-refractivity contribution is 5.94. The second kappa shape index (κ2) is 7.80. The van der Waals surface area contributed by atoms with E-state index in [0.717, 1.165) is 37.1 Å². The van der Waals surface area contributed by atoms with Crippen LogP contribution in [0.4, 0.5) is 0 Å². The van der Waals surface area contributed by atoms with Crippen LogP contribution in [0.2, 0.25) is 0 Å². The summed E-state index contributed by atoms with van der Waals surface area (Å²) in [4.78, 5) is 14.8. The Kier molecular flexibility index (Phi) is 4.83. The van der Waals surface area contributed by atoms with Gasteiger partial charge in [-0.3, -0.25) is 9.89 Å². The number of likely N-dealkylation sites (tertiary alicyclic amines) is 1. The molecule has 2 atom stereocenters. The number of nitrogens with zero attached hydrogens (tertiary/aromatic N) is 3. The lowest BCUT2D eigenvalue weighted by Gasteiger charge is -2.29. The molecule has 1 saturated carbocycles. The second-order valence-corrected chi connectivity index (χ2v) is 8.26. The standard InChI is InChI=1S/C24H23N5O2/c25-16-29-14-17-7-6-12-24(17,15-29)26-23(30)21-13-20(27-28-21)19-10-4-5-11-22(19)31-18-8-2-1-3-9-18/h1-5,8-11,13,17H,6-7,12,14-15H2,(H,26,30)(H,27,28). The van der Waals surface area contributed by atoms with Crippen molar-refractivity contribution in [3.05, 3.63) is 66.4 Å². The fourth-order valence-electron chi connectivity index (χ4n) is 4.82. The third-order valence-corrected chi connectivity index (χ3v) is 6.33. The Morgan fingerprint density at radius 3 is 2.87 bits per heavy atom. The molecule has 156 valence electrons. The van der Waals surface area contributed by atoms with E-state index < -0.39 is 0 Å². The number of nitriles is 1. The molecule has 31 heavy (non-hydrogen) atoms. The smallest absolute Gasteiger partial charge is 0.269 e. The monoisotopic (exact) mass is 413 g/mol. The maximum Gasteiger partial charge on any atom is 0.269 e. The first-order valence-electron chi connectivity index (χ1n) is 10.5. The predicted octanol–water partition coefficient (Wildman–Crippen LogP) is 3.93. The van der Waals surface area contributed by atoms with Gasteiger partial charge in [0.1, 0.15) is 17.2 Å². The van der Waals surface area contributed by atoms with Gasteiger partial charge in [-0.05, 0) is 43.2 Å². The van der Waals surface area contributed by atoms with Gasteiger partial charge in [0, 0.05) is 18.0 Å². The Hall–Kier alpha value is -3.79. The van der Waals surface area contributed by atoms with E-state index in [9.17, 15) is 10.1 Å². The zero-order valence-corrected chi connectivity index (χ0v) is 17.0. The van der Waals surface area contributed by atoms with Crippen LogP contribution < -0.4 is 10.1 Å². The van der Waals surface area contributed by atoms with Crippen molar-refractivity contribution in [2.75, 3.05) is 13.1 Å². The summed E-state index contributed by atoms with van der Waals surface area (Å²) in [5.41, 5.74) is 1.52. The maximum atomic E-state index is 13.0. The van der Waals surface area contributed by atoms with Crippen LogP contribution >= 0.6 is 0 Å². The number of rotatable bonds is 5. The summed E-state index contributed by atoms with van der Waals surface area (Å²) in [5.74, 6) is 1.53. The molecule has 1 saturated heterocycles. The summed E-state index contributed by atoms with van der Waals surface area (Å²) >= 11 is 0. The maximum absolute atomic E-state index is 13.0. The molecule has 0 spiro atoms. The first-order valence-corrected chi connectivity index (χ1v) is 10.5. The number of nitrogens with one attached hydrogen (secondary N) is 2. The van der Waals surface area contributed by atoms with Gasteiger partial charge in [-0.15, -0.1) is 0 Å². The molecule has 7 nitrogen and oxygen atoms in total. The Labute approximate surface area is 180 Å². The molecule has 1 aliphatic heterocycles. The van der Waals surface area contributed by atoms with E-state index in [2.05, 4.69) is 21.7 Å². The van der Waals surface area contributed by atoms with Crippen molar-refractivity contribution in [1.82, 2.24) is 20.4 Å². The van der Waals surface area contributed by atoms with Crippen molar-refractivity contribution in [3.8, 4) is 28.9 Å². The molecule has 2 fully saturated rings. The molecule has 1 aliphatic carbocycles. The minimum Gasteiger partial charge on any atom is -0.457 e. The average Bonchev–Trinajstić information content (AvgIpc) is 3.49. The van der Waals surface area contributed by atoms with E-state index in [1.807, 2.05) is 54.6 Å². The van der Waals surface area contributed by atoms with Crippen molar-refractivity contribution in [2.24, 2.45) is 5.92 Å². The van der Waals surface area contributed by atoms with Crippen molar-refractivity contribution in [3.63, 3.8) is 0 Å². The molecule has 2 heterocycles. The molecule has 1 amide bonds. The molecule has 2 aliphatic rings. The van der Waals surface area contributed by atoms with E-state index in [1.54, 1.807) is 11.0 Å². The molecule has 0 radical (unpaired) electrons. The van der Waals surface area contributed by atoms with Gasteiger partial charge < -0.3 is 15.0 Å². The summed E-state index contributed by atoms with van der Waals surface area (Å²) in [7, 11) is 0. The molecule has 2 unspecified atom stereocenters. The SMILES string of the molecule is N#CN1CC2CCCC2(NC(=O)c2cc(-c3ccccc3Oc3ccccc3)n[nH]2)C1. The van der Waals surface area contributed by atoms with Crippen LogP contribution in [0.5, 0.6) is 11.5 Å². The van der Waals surface area contributed by atoms with Crippen LogP contribution in [0.15, 0.2) is 60.7 Å². The Morgan fingerprint density at radius 1 is 1.23 bits per heavy atom. The number of H-pyrrole nitrogens is 1. The number of ether oxygens (including phenoxy) is 1. The average molecular weight is 413 g/mol. The topological polar surface area (TPSA) is 94.0 Å². The van der Waals surface area contributed by atoms with Crippen LogP contribution in [-0.4, -0.2) is 39.6 Å². The van der Waals surface area contributed by atoms with E-state index in [0.29, 0.717) is 29.6 Å². The van der Waals surface area contributed by atoms with Crippen LogP contribution in [0.25, 0.3) is 11.3 Å². The number of fused-ring (bicyclic) bond motifs is 1. The molecule has 2 aromatic carbocycles. The van der Waals surface area contributed by atoms with Crippen LogP contribution in [0, 0.1) is 17.4 Å². The number of para-hydroxylation sites is 2. The molecular weight excluding hydrogens is 390 g/mol. The van der Waals surface area contributed by atoms with Gasteiger partial charge in [0.25, 0.3) is 5.91 Å². The summed E-state index contributed by atoms with van der Waals surface area (Å²) in [6.07, 6.45) is 5.24. The van der Waals surface area contributed by atoms with Crippen molar-refractivity contribution in [1.29, 1.82) is 5.26 Å². The van der Waals surface area contributed by atoms with Gasteiger partial charge in [0.05, 0.1) is 17.8 Å². The Bertz CT molecular complexity index is 1140. The number of hydrogen-bond acceptors (Lipinski definition) is 5. The highest BCUT2D eigenvalue weighted by Crippen LogP contribution is 2.41. The summed E-state index contributed by atoms with van der Waals surface area (Å²) in [5, 5.41) is 19.7. The first kappa shape index (κ1) is 19.2. The molecule has 3 aromatic rings. The number of carbonyl (C=O) groups excluding carboxylic acids is 1. The molecule has 7 heteroatoms. The van der Waals surface area contributed by atoms with Gasteiger partial charge in [0.2, 0.25) is 0 Å². The molecule has 5 rings (SSSR count). The van der Waals surface area contributed by atoms with Gasteiger partial charge in [-0.1, -0.05) is 36.8 Å². The fourth-order valence-corrected chi connectivity index (χ4v) is 4.82. The number of benzene rings is 2. The third-order valence-electron chi connectivity index (χ3n) is 6.33. The van der Waals surface area contributed by atoms with Crippen LogP contribution in [-0.2, 0) is 0 Å². The predicted molar refractivity (Wildman–Crippen MR) is 115 cm³/mol. The molecule has 1 aromatic heterocycles. The van der Waals surface area contributed by atoms with Gasteiger partial charge in [-0.25, -0.2) is 0 Å². The second-order valence-electron chi connectivity index (χ2n) is 8.26. The highest BCUT2D eigenvalue weighted by Gasteiger charge is 2.50. The molecular formula is C24H23N5O2. The summed E-state index contributed by atoms with van der Waals surface area (Å²) in [6, 6.07) is 18.9. The van der Waals surface area contributed by atoms with E-state index >= 15 is 0 Å². The quantitative estimate of drug-likeness (QED) is 0.618. The highest BCUT2D eigenvalue weighted by atomic mass is 16.5. The molecule has 2 N–H and O–H groups in total. The zero-order valence-electron chi connectivity index (χ0n) is 17.0. The minimum atomic E-state index is -0.327. The number of hydrogen-bond donors (Lipinski definition) is 2. The number of carbonyl (C=O) groups is 1. The largest absolute Gasteiger partial charge is 0.457 e. The number of aromatic nitrogens is 2. The van der Waals surface area contributed by atoms with Crippen molar-refractivity contribution >= 4 is 5.91 Å². The Balaban J connectivity index is 1.36. The van der Waals surface area contributed by atoms with Gasteiger partial charge >= 0.3 is 0 Å². The lowest BCUT2D eigenvalue weighted by atomic mass is 9.90. The minimum absolute atomic E-state index is 0.188. The van der Waals surface area contributed by atoms with Crippen LogP contribution in [0.1, 0.15) is 29.8 Å². The Morgan fingerprint density at radius 2 is 2.03 bits per heavy atom. The first-order chi connectivity index (χ1) is 15.2.